The zero-order valence-corrected chi connectivity index (χ0v) is 9.00. The fourth-order valence-electron chi connectivity index (χ4n) is 1.89. The Balaban J connectivity index is 2.13. The quantitative estimate of drug-likeness (QED) is 0.846. The molecule has 1 aromatic rings. The molecule has 1 saturated heterocycles. The molecular weight excluding hydrogens is 228 g/mol. The highest BCUT2D eigenvalue weighted by Crippen LogP contribution is 2.13. The molecule has 0 radical (unpaired) electrons. The van der Waals surface area contributed by atoms with Crippen molar-refractivity contribution in [2.45, 2.75) is 25.3 Å². The van der Waals surface area contributed by atoms with Crippen molar-refractivity contribution < 1.29 is 18.4 Å². The summed E-state index contributed by atoms with van der Waals surface area (Å²) >= 11 is 0. The van der Waals surface area contributed by atoms with Crippen LogP contribution in [0.1, 0.15) is 18.4 Å². The molecule has 90 valence electrons. The van der Waals surface area contributed by atoms with Gasteiger partial charge in [0.15, 0.2) is 5.78 Å². The molecule has 1 fully saturated rings. The third-order valence-electron chi connectivity index (χ3n) is 2.68. The number of carbonyl (C=O) groups is 2. The van der Waals surface area contributed by atoms with Gasteiger partial charge in [-0.2, -0.15) is 0 Å². The zero-order chi connectivity index (χ0) is 12.4. The van der Waals surface area contributed by atoms with Crippen molar-refractivity contribution in [3.63, 3.8) is 0 Å². The minimum Gasteiger partial charge on any atom is -0.346 e. The number of hydrogen-bond donors (Lipinski definition) is 1. The van der Waals surface area contributed by atoms with Gasteiger partial charge < -0.3 is 5.32 Å². The van der Waals surface area contributed by atoms with E-state index in [-0.39, 0.29) is 31.0 Å². The summed E-state index contributed by atoms with van der Waals surface area (Å²) in [5, 5.41) is 2.52. The standard InChI is InChI=1S/C12H11F2NO2/c13-8-3-7(4-9(14)6-8)5-10-11(16)1-2-12(17)15-10/h3-4,6,10H,1-2,5H2,(H,15,17)/t10-/m0/s1. The first kappa shape index (κ1) is 11.7. The van der Waals surface area contributed by atoms with Crippen molar-refractivity contribution in [2.24, 2.45) is 0 Å². The number of Topliss-reactive ketones (excluding diaryl/α,β-unsaturated/α-hetero) is 1. The number of halogens is 2. The maximum Gasteiger partial charge on any atom is 0.221 e. The summed E-state index contributed by atoms with van der Waals surface area (Å²) < 4.78 is 25.9. The molecule has 1 aromatic carbocycles. The molecule has 1 atom stereocenters. The molecule has 1 aliphatic rings. The number of nitrogens with one attached hydrogen (secondary N) is 1. The van der Waals surface area contributed by atoms with E-state index in [4.69, 9.17) is 0 Å². The Hall–Kier alpha value is -1.78. The molecule has 0 unspecified atom stereocenters. The van der Waals surface area contributed by atoms with Gasteiger partial charge in [-0.25, -0.2) is 8.78 Å². The van der Waals surface area contributed by atoms with Crippen molar-refractivity contribution in [1.82, 2.24) is 5.32 Å². The average molecular weight is 239 g/mol. The van der Waals surface area contributed by atoms with Gasteiger partial charge in [0.25, 0.3) is 0 Å². The van der Waals surface area contributed by atoms with Gasteiger partial charge in [0.1, 0.15) is 11.6 Å². The number of rotatable bonds is 2. The summed E-state index contributed by atoms with van der Waals surface area (Å²) in [7, 11) is 0. The number of piperidine rings is 1. The van der Waals surface area contributed by atoms with Crippen molar-refractivity contribution in [3.8, 4) is 0 Å². The van der Waals surface area contributed by atoms with Crippen LogP contribution in [0.15, 0.2) is 18.2 Å². The van der Waals surface area contributed by atoms with Gasteiger partial charge in [-0.15, -0.1) is 0 Å². The molecule has 3 nitrogen and oxygen atoms in total. The average Bonchev–Trinajstić information content (AvgIpc) is 2.22. The highest BCUT2D eigenvalue weighted by molar-refractivity contribution is 5.95. The Bertz CT molecular complexity index is 453. The second-order valence-electron chi connectivity index (χ2n) is 4.07. The lowest BCUT2D eigenvalue weighted by atomic mass is 9.96. The lowest BCUT2D eigenvalue weighted by Gasteiger charge is -2.22. The molecule has 2 rings (SSSR count). The number of hydrogen-bond acceptors (Lipinski definition) is 2. The molecule has 1 amide bonds. The van der Waals surface area contributed by atoms with Crippen molar-refractivity contribution in [1.29, 1.82) is 0 Å². The van der Waals surface area contributed by atoms with Crippen LogP contribution in [-0.4, -0.2) is 17.7 Å². The Morgan fingerprint density at radius 3 is 2.41 bits per heavy atom. The molecule has 1 aliphatic heterocycles. The lowest BCUT2D eigenvalue weighted by Crippen LogP contribution is -2.46. The Morgan fingerprint density at radius 2 is 1.76 bits per heavy atom. The molecule has 1 N–H and O–H groups in total. The maximum absolute atomic E-state index is 12.9. The van der Waals surface area contributed by atoms with E-state index in [2.05, 4.69) is 5.32 Å². The van der Waals surface area contributed by atoms with Crippen LogP contribution >= 0.6 is 0 Å². The summed E-state index contributed by atoms with van der Waals surface area (Å²) in [6, 6.07) is 2.43. The second kappa shape index (κ2) is 4.61. The highest BCUT2D eigenvalue weighted by atomic mass is 19.1. The molecule has 17 heavy (non-hydrogen) atoms. The molecule has 0 spiro atoms. The van der Waals surface area contributed by atoms with Crippen LogP contribution in [0.5, 0.6) is 0 Å². The van der Waals surface area contributed by atoms with E-state index < -0.39 is 17.7 Å². The molecule has 5 heteroatoms. The van der Waals surface area contributed by atoms with E-state index in [0.717, 1.165) is 18.2 Å². The van der Waals surface area contributed by atoms with E-state index >= 15 is 0 Å². The first-order chi connectivity index (χ1) is 8.04. The van der Waals surface area contributed by atoms with Gasteiger partial charge >= 0.3 is 0 Å². The van der Waals surface area contributed by atoms with Gasteiger partial charge in [-0.05, 0) is 24.1 Å². The van der Waals surface area contributed by atoms with E-state index in [1.165, 1.54) is 0 Å². The monoisotopic (exact) mass is 239 g/mol. The fourth-order valence-corrected chi connectivity index (χ4v) is 1.89. The summed E-state index contributed by atoms with van der Waals surface area (Å²) in [5.74, 6) is -1.68. The highest BCUT2D eigenvalue weighted by Gasteiger charge is 2.26. The molecule has 0 aliphatic carbocycles. The minimum atomic E-state index is -0.686. The predicted molar refractivity (Wildman–Crippen MR) is 56.2 cm³/mol. The first-order valence-electron chi connectivity index (χ1n) is 5.31. The van der Waals surface area contributed by atoms with Crippen LogP contribution < -0.4 is 5.32 Å². The van der Waals surface area contributed by atoms with Gasteiger partial charge in [0.05, 0.1) is 6.04 Å². The van der Waals surface area contributed by atoms with Crippen molar-refractivity contribution >= 4 is 11.7 Å². The summed E-state index contributed by atoms with van der Waals surface area (Å²) in [5.41, 5.74) is 0.364. The second-order valence-corrected chi connectivity index (χ2v) is 4.07. The summed E-state index contributed by atoms with van der Waals surface area (Å²) in [6.45, 7) is 0. The fraction of sp³-hybridized carbons (Fsp3) is 0.333. The third kappa shape index (κ3) is 2.87. The van der Waals surface area contributed by atoms with Crippen LogP contribution in [0, 0.1) is 11.6 Å². The smallest absolute Gasteiger partial charge is 0.221 e. The number of amides is 1. The minimum absolute atomic E-state index is 0.103. The SMILES string of the molecule is O=C1CCC(=O)[C@H](Cc2cc(F)cc(F)c2)N1. The Kier molecular flexibility index (Phi) is 3.17. The normalized spacial score (nSPS) is 20.2. The van der Waals surface area contributed by atoms with E-state index in [1.54, 1.807) is 0 Å². The first-order valence-corrected chi connectivity index (χ1v) is 5.31. The van der Waals surface area contributed by atoms with Crippen LogP contribution in [0.4, 0.5) is 8.78 Å². The predicted octanol–water partition coefficient (Wildman–Crippen LogP) is 1.36. The van der Waals surface area contributed by atoms with Crippen LogP contribution in [-0.2, 0) is 16.0 Å². The maximum atomic E-state index is 12.9. The number of benzene rings is 1. The molecule has 1 heterocycles. The molecule has 0 saturated carbocycles. The molecule has 0 aromatic heterocycles. The topological polar surface area (TPSA) is 46.2 Å². The van der Waals surface area contributed by atoms with Crippen LogP contribution in [0.3, 0.4) is 0 Å². The lowest BCUT2D eigenvalue weighted by molar-refractivity contribution is -0.132. The van der Waals surface area contributed by atoms with Crippen LogP contribution in [0.2, 0.25) is 0 Å². The molecule has 0 bridgehead atoms. The largest absolute Gasteiger partial charge is 0.346 e. The van der Waals surface area contributed by atoms with Gasteiger partial charge in [-0.1, -0.05) is 0 Å². The van der Waals surface area contributed by atoms with Gasteiger partial charge in [0, 0.05) is 18.9 Å². The number of ketones is 1. The number of carbonyl (C=O) groups excluding carboxylic acids is 2. The van der Waals surface area contributed by atoms with Gasteiger partial charge in [0.2, 0.25) is 5.91 Å². The van der Waals surface area contributed by atoms with Gasteiger partial charge in [-0.3, -0.25) is 9.59 Å². The van der Waals surface area contributed by atoms with Crippen molar-refractivity contribution in [3.05, 3.63) is 35.4 Å². The van der Waals surface area contributed by atoms with Crippen molar-refractivity contribution in [2.75, 3.05) is 0 Å². The van der Waals surface area contributed by atoms with E-state index in [1.807, 2.05) is 0 Å². The summed E-state index contributed by atoms with van der Waals surface area (Å²) in [4.78, 5) is 22.6. The Labute approximate surface area is 96.8 Å². The van der Waals surface area contributed by atoms with Crippen LogP contribution in [0.25, 0.3) is 0 Å². The zero-order valence-electron chi connectivity index (χ0n) is 9.00. The van der Waals surface area contributed by atoms with E-state index in [0.29, 0.717) is 5.56 Å². The third-order valence-corrected chi connectivity index (χ3v) is 2.68. The summed E-state index contributed by atoms with van der Waals surface area (Å²) in [6.07, 6.45) is 0.500. The Morgan fingerprint density at radius 1 is 1.12 bits per heavy atom. The van der Waals surface area contributed by atoms with E-state index in [9.17, 15) is 18.4 Å². The molecular formula is C12H11F2NO2.